The predicted octanol–water partition coefficient (Wildman–Crippen LogP) is 23.0. The molecule has 0 bridgehead atoms. The molecule has 3 N–H and O–H groups in total. The molecule has 0 heterocycles. The second-order valence-electron chi connectivity index (χ2n) is 25.5. The lowest BCUT2D eigenvalue weighted by Gasteiger charge is -2.21. The van der Waals surface area contributed by atoms with Crippen LogP contribution < -0.4 is 0 Å². The fraction of sp³-hybridized carbons (Fsp3) is 0.624. The number of aliphatic hydroxyl groups is 1. The van der Waals surface area contributed by atoms with E-state index in [1.807, 2.05) is 18.2 Å². The molecule has 0 aromatic heterocycles. The number of carbonyl (C=O) groups is 4. The number of phosphoric acid groups is 2. The number of hydrogen-bond acceptors (Lipinski definition) is 15. The van der Waals surface area contributed by atoms with Gasteiger partial charge in [0.25, 0.3) is 0 Å². The highest BCUT2D eigenvalue weighted by Gasteiger charge is 2.30. The molecule has 0 saturated carbocycles. The van der Waals surface area contributed by atoms with E-state index in [1.165, 1.54) is 0 Å². The molecule has 0 aromatic rings. The van der Waals surface area contributed by atoms with Crippen molar-refractivity contribution in [3.05, 3.63) is 170 Å². The van der Waals surface area contributed by atoms with E-state index >= 15 is 0 Å². The smallest absolute Gasteiger partial charge is 0.462 e. The van der Waals surface area contributed by atoms with Crippen molar-refractivity contribution < 1.29 is 80.2 Å². The molecule has 0 spiro atoms. The van der Waals surface area contributed by atoms with Gasteiger partial charge in [-0.05, 0) is 154 Å². The van der Waals surface area contributed by atoms with Crippen LogP contribution in [0.25, 0.3) is 0 Å². The van der Waals surface area contributed by atoms with E-state index in [-0.39, 0.29) is 25.7 Å². The van der Waals surface area contributed by atoms with Gasteiger partial charge in [-0.15, -0.1) is 0 Å². The summed E-state index contributed by atoms with van der Waals surface area (Å²) in [5.41, 5.74) is 0. The van der Waals surface area contributed by atoms with E-state index in [1.54, 1.807) is 0 Å². The zero-order valence-corrected chi connectivity index (χ0v) is 66.2. The highest BCUT2D eigenvalue weighted by atomic mass is 31.2. The summed E-state index contributed by atoms with van der Waals surface area (Å²) >= 11 is 0. The monoisotopic (exact) mass is 1490 g/mol. The summed E-state index contributed by atoms with van der Waals surface area (Å²) in [5.74, 6) is -2.33. The van der Waals surface area contributed by atoms with Crippen LogP contribution in [0, 0.1) is 0 Å². The van der Waals surface area contributed by atoms with Gasteiger partial charge >= 0.3 is 39.5 Å². The molecule has 590 valence electrons. The van der Waals surface area contributed by atoms with Crippen molar-refractivity contribution in [1.82, 2.24) is 0 Å². The average molecular weight is 1490 g/mol. The Morgan fingerprint density at radius 3 is 0.827 bits per heavy atom. The minimum absolute atomic E-state index is 0.0273. The molecule has 17 nitrogen and oxygen atoms in total. The van der Waals surface area contributed by atoms with Gasteiger partial charge in [0, 0.05) is 25.7 Å². The minimum atomic E-state index is -5.00. The molecule has 0 fully saturated rings. The van der Waals surface area contributed by atoms with Gasteiger partial charge in [0.05, 0.1) is 26.4 Å². The summed E-state index contributed by atoms with van der Waals surface area (Å²) in [4.78, 5) is 73.0. The maximum atomic E-state index is 13.1. The number of phosphoric ester groups is 2. The largest absolute Gasteiger partial charge is 0.472 e. The first kappa shape index (κ1) is 98.4. The van der Waals surface area contributed by atoms with Crippen LogP contribution in [0.4, 0.5) is 0 Å². The van der Waals surface area contributed by atoms with Crippen molar-refractivity contribution in [2.45, 2.75) is 303 Å². The van der Waals surface area contributed by atoms with Gasteiger partial charge in [-0.25, -0.2) is 9.13 Å². The van der Waals surface area contributed by atoms with Crippen molar-refractivity contribution in [2.75, 3.05) is 39.6 Å². The molecule has 0 amide bonds. The number of esters is 4. The molecule has 5 atom stereocenters. The van der Waals surface area contributed by atoms with E-state index in [0.717, 1.165) is 199 Å². The number of carbonyl (C=O) groups excluding carboxylic acids is 4. The van der Waals surface area contributed by atoms with Crippen LogP contribution in [0.3, 0.4) is 0 Å². The van der Waals surface area contributed by atoms with Crippen LogP contribution in [0.2, 0.25) is 0 Å². The third kappa shape index (κ3) is 74.7. The quantitative estimate of drug-likeness (QED) is 0.0169. The molecular formula is C85H138O17P2. The first-order valence-corrected chi connectivity index (χ1v) is 42.4. The summed E-state index contributed by atoms with van der Waals surface area (Å²) in [5, 5.41) is 10.6. The summed E-state index contributed by atoms with van der Waals surface area (Å²) in [6.45, 7) is 4.32. The standard InChI is InChI=1S/C85H138O17P2/c1-5-9-13-17-21-25-29-33-36-38-39-41-44-47-50-54-58-62-66-70-83(88)95-75-80(101-84(89)71-67-63-59-55-51-45-32-28-24-20-16-12-8-4)77-99-103(91,92)97-73-79(86)74-98-104(93,94)100-78-81(102-85(90)72-68-64-60-56-52-48-42-35-31-27-23-19-15-11-7-3)76-96-82(87)69-65-61-57-53-49-46-43-40-37-34-30-26-22-18-14-10-6-2/h9-11,13-16,20-23,25-28,32-37,39,41-42,47,50,58,62,79-81,86H,5-8,12,17-19,24,29-31,38,40,43-46,48-49,51-57,59-61,63-78H2,1-4H3,(H,91,92)(H,93,94)/b13-9-,14-10-,15-11-,20-16-,25-21-,26-22-,27-23-,32-28-,36-33-,37-34-,41-39-,42-35-,50-47-,62-58-. The number of allylic oxidation sites excluding steroid dienone is 28. The maximum Gasteiger partial charge on any atom is 0.472 e. The number of aliphatic hydroxyl groups excluding tert-OH is 1. The van der Waals surface area contributed by atoms with Crippen LogP contribution in [0.1, 0.15) is 285 Å². The van der Waals surface area contributed by atoms with Crippen molar-refractivity contribution in [1.29, 1.82) is 0 Å². The lowest BCUT2D eigenvalue weighted by Crippen LogP contribution is -2.30. The second kappa shape index (κ2) is 75.6. The van der Waals surface area contributed by atoms with Gasteiger partial charge in [0.2, 0.25) is 0 Å². The second-order valence-corrected chi connectivity index (χ2v) is 28.4. The Morgan fingerprint density at radius 1 is 0.279 bits per heavy atom. The lowest BCUT2D eigenvalue weighted by atomic mass is 10.1. The SMILES string of the molecule is CC/C=C\C/C=C\C/C=C\C/C=C\C/C=C\C/C=C\CCC(=O)OCC(COP(=O)(O)OCC(O)COP(=O)(O)OCC(COC(=O)CCCCCCCCC/C=C\C/C=C\C/C=C\CC)OC(=O)CCCCCCC/C=C\C/C=C\C/C=C\CC)OC(=O)CCCCCCC/C=C\C/C=C\CCC. The van der Waals surface area contributed by atoms with Gasteiger partial charge in [-0.3, -0.25) is 37.3 Å². The normalized spacial score (nSPS) is 14.8. The predicted molar refractivity (Wildman–Crippen MR) is 426 cm³/mol. The summed E-state index contributed by atoms with van der Waals surface area (Å²) in [6, 6.07) is 0. The van der Waals surface area contributed by atoms with Gasteiger partial charge in [-0.2, -0.15) is 0 Å². The summed E-state index contributed by atoms with van der Waals surface area (Å²) < 4.78 is 68.5. The van der Waals surface area contributed by atoms with Crippen molar-refractivity contribution in [2.24, 2.45) is 0 Å². The van der Waals surface area contributed by atoms with Gasteiger partial charge < -0.3 is 33.8 Å². The Hall–Kier alpha value is -5.58. The Labute approximate surface area is 629 Å². The lowest BCUT2D eigenvalue weighted by molar-refractivity contribution is -0.161. The molecule has 0 aliphatic rings. The first-order valence-electron chi connectivity index (χ1n) is 39.4. The molecule has 104 heavy (non-hydrogen) atoms. The topological polar surface area (TPSA) is 237 Å². The molecular weight excluding hydrogens is 1350 g/mol. The molecule has 0 rings (SSSR count). The Balaban J connectivity index is 5.45. The van der Waals surface area contributed by atoms with Crippen LogP contribution in [-0.2, 0) is 65.4 Å². The summed E-state index contributed by atoms with van der Waals surface area (Å²) in [7, 11) is -10.0. The van der Waals surface area contributed by atoms with E-state index < -0.39 is 97.5 Å². The van der Waals surface area contributed by atoms with Crippen LogP contribution >= 0.6 is 15.6 Å². The highest BCUT2D eigenvalue weighted by Crippen LogP contribution is 2.45. The van der Waals surface area contributed by atoms with Gasteiger partial charge in [0.1, 0.15) is 19.3 Å². The third-order valence-corrected chi connectivity index (χ3v) is 17.6. The Morgan fingerprint density at radius 2 is 0.519 bits per heavy atom. The average Bonchev–Trinajstić information content (AvgIpc) is 0.939. The number of hydrogen-bond donors (Lipinski definition) is 3. The molecule has 0 aliphatic heterocycles. The molecule has 19 heteroatoms. The first-order chi connectivity index (χ1) is 50.7. The summed E-state index contributed by atoms with van der Waals surface area (Å²) in [6.07, 6.45) is 89.2. The van der Waals surface area contributed by atoms with Crippen LogP contribution in [0.15, 0.2) is 170 Å². The van der Waals surface area contributed by atoms with Crippen LogP contribution in [-0.4, -0.2) is 96.7 Å². The van der Waals surface area contributed by atoms with Crippen molar-refractivity contribution in [3.63, 3.8) is 0 Å². The highest BCUT2D eigenvalue weighted by molar-refractivity contribution is 7.47. The number of rotatable bonds is 72. The van der Waals surface area contributed by atoms with E-state index in [4.69, 9.17) is 37.0 Å². The zero-order chi connectivity index (χ0) is 76.0. The van der Waals surface area contributed by atoms with Crippen molar-refractivity contribution in [3.8, 4) is 0 Å². The van der Waals surface area contributed by atoms with Crippen LogP contribution in [0.5, 0.6) is 0 Å². The van der Waals surface area contributed by atoms with E-state index in [9.17, 15) is 43.2 Å². The minimum Gasteiger partial charge on any atom is -0.462 e. The third-order valence-electron chi connectivity index (χ3n) is 15.7. The Kier molecular flexibility index (Phi) is 71.6. The number of unbranched alkanes of at least 4 members (excludes halogenated alkanes) is 18. The van der Waals surface area contributed by atoms with Gasteiger partial charge in [0.15, 0.2) is 12.2 Å². The zero-order valence-electron chi connectivity index (χ0n) is 64.4. The van der Waals surface area contributed by atoms with E-state index in [2.05, 4.69) is 180 Å². The fourth-order valence-electron chi connectivity index (χ4n) is 9.78. The molecule has 0 aromatic carbocycles. The number of ether oxygens (including phenoxy) is 4. The fourth-order valence-corrected chi connectivity index (χ4v) is 11.4. The molecule has 0 saturated heterocycles. The van der Waals surface area contributed by atoms with E-state index in [0.29, 0.717) is 32.1 Å². The van der Waals surface area contributed by atoms with Crippen molar-refractivity contribution >= 4 is 39.5 Å². The Bertz CT molecular complexity index is 2640. The molecule has 5 unspecified atom stereocenters. The molecule has 0 aliphatic carbocycles. The van der Waals surface area contributed by atoms with Gasteiger partial charge in [-0.1, -0.05) is 275 Å². The maximum absolute atomic E-state index is 13.1. The molecule has 0 radical (unpaired) electrons.